The van der Waals surface area contributed by atoms with Crippen molar-refractivity contribution in [2.45, 2.75) is 13.0 Å². The van der Waals surface area contributed by atoms with Crippen LogP contribution in [0, 0.1) is 5.82 Å². The molecule has 178 valence electrons. The lowest BCUT2D eigenvalue weighted by molar-refractivity contribution is -0.123. The summed E-state index contributed by atoms with van der Waals surface area (Å²) >= 11 is 0. The molecular weight excluding hydrogens is 451 g/mol. The van der Waals surface area contributed by atoms with Gasteiger partial charge >= 0.3 is 0 Å². The second-order valence-corrected chi connectivity index (χ2v) is 8.22. The first-order valence-electron chi connectivity index (χ1n) is 11.2. The number of carbonyl (C=O) groups is 2. The van der Waals surface area contributed by atoms with E-state index in [2.05, 4.69) is 5.32 Å². The van der Waals surface area contributed by atoms with Gasteiger partial charge in [0.1, 0.15) is 25.6 Å². The van der Waals surface area contributed by atoms with Gasteiger partial charge in [0.05, 0.1) is 11.7 Å². The number of fused-ring (bicyclic) bond motifs is 2. The molecule has 1 N–H and O–H groups in total. The molecule has 8 heteroatoms. The summed E-state index contributed by atoms with van der Waals surface area (Å²) in [5.41, 5.74) is 1.81. The summed E-state index contributed by atoms with van der Waals surface area (Å²) in [5, 5.41) is 2.93. The van der Waals surface area contributed by atoms with Crippen molar-refractivity contribution in [1.29, 1.82) is 0 Å². The number of para-hydroxylation sites is 2. The Morgan fingerprint density at radius 3 is 2.66 bits per heavy atom. The number of rotatable bonds is 5. The summed E-state index contributed by atoms with van der Waals surface area (Å²) in [7, 11) is 0. The summed E-state index contributed by atoms with van der Waals surface area (Å²) in [4.78, 5) is 27.6. The first kappa shape index (κ1) is 22.5. The van der Waals surface area contributed by atoms with E-state index in [0.29, 0.717) is 41.7 Å². The van der Waals surface area contributed by atoms with Crippen LogP contribution >= 0.6 is 0 Å². The van der Waals surface area contributed by atoms with Gasteiger partial charge in [0, 0.05) is 0 Å². The predicted octanol–water partition coefficient (Wildman–Crippen LogP) is 4.24. The van der Waals surface area contributed by atoms with Crippen molar-refractivity contribution in [1.82, 2.24) is 5.32 Å². The van der Waals surface area contributed by atoms with E-state index in [1.54, 1.807) is 36.4 Å². The zero-order valence-corrected chi connectivity index (χ0v) is 19.0. The van der Waals surface area contributed by atoms with Crippen LogP contribution < -0.4 is 24.4 Å². The summed E-state index contributed by atoms with van der Waals surface area (Å²) < 4.78 is 30.6. The Hall–Kier alpha value is -4.33. The van der Waals surface area contributed by atoms with Gasteiger partial charge in [0.15, 0.2) is 23.0 Å². The van der Waals surface area contributed by atoms with Gasteiger partial charge in [-0.25, -0.2) is 4.39 Å². The Morgan fingerprint density at radius 2 is 1.83 bits per heavy atom. The molecule has 0 bridgehead atoms. The van der Waals surface area contributed by atoms with E-state index >= 15 is 0 Å². The smallest absolute Gasteiger partial charge is 0.294 e. The van der Waals surface area contributed by atoms with Crippen molar-refractivity contribution in [3.63, 3.8) is 0 Å². The third-order valence-corrected chi connectivity index (χ3v) is 5.72. The van der Waals surface area contributed by atoms with Gasteiger partial charge in [-0.2, -0.15) is 0 Å². The Morgan fingerprint density at radius 1 is 1.03 bits per heavy atom. The molecule has 2 aliphatic rings. The monoisotopic (exact) mass is 474 g/mol. The lowest BCUT2D eigenvalue weighted by atomic mass is 10.1. The maximum Gasteiger partial charge on any atom is 0.294 e. The molecule has 3 aromatic rings. The standard InChI is InChI=1S/C27H23FN2O5/c1-17(19-9-10-23-24(15-19)34-12-11-33-23)29-26(31)16-30-21-7-2-3-8-22(21)35-25(27(30)32)14-18-5-4-6-20(28)13-18/h2-10,13-15,17H,11-12,16H2,1H3,(H,29,31)/b25-14+. The third-order valence-electron chi connectivity index (χ3n) is 5.72. The number of nitrogens with zero attached hydrogens (tertiary/aromatic N) is 1. The maximum atomic E-state index is 13.6. The molecule has 2 amide bonds. The number of hydrogen-bond donors (Lipinski definition) is 1. The molecule has 1 atom stereocenters. The Balaban J connectivity index is 1.35. The molecule has 0 saturated carbocycles. The van der Waals surface area contributed by atoms with E-state index in [-0.39, 0.29) is 24.3 Å². The molecule has 2 heterocycles. The van der Waals surface area contributed by atoms with Gasteiger partial charge in [-0.05, 0) is 60.5 Å². The second-order valence-electron chi connectivity index (χ2n) is 8.22. The molecule has 5 rings (SSSR count). The van der Waals surface area contributed by atoms with Crippen LogP contribution in [-0.4, -0.2) is 31.6 Å². The summed E-state index contributed by atoms with van der Waals surface area (Å²) in [6, 6.07) is 18.0. The molecule has 0 aromatic heterocycles. The molecule has 0 fully saturated rings. The average Bonchev–Trinajstić information content (AvgIpc) is 2.86. The van der Waals surface area contributed by atoms with Crippen LogP contribution in [0.1, 0.15) is 24.1 Å². The molecule has 0 aliphatic carbocycles. The molecule has 3 aromatic carbocycles. The number of ether oxygens (including phenoxy) is 3. The predicted molar refractivity (Wildman–Crippen MR) is 128 cm³/mol. The van der Waals surface area contributed by atoms with Crippen molar-refractivity contribution in [3.05, 3.63) is 89.4 Å². The summed E-state index contributed by atoms with van der Waals surface area (Å²) in [5.74, 6) is 0.486. The molecular formula is C27H23FN2O5. The molecule has 2 aliphatic heterocycles. The Kier molecular flexibility index (Phi) is 6.10. The van der Waals surface area contributed by atoms with Crippen LogP contribution in [0.5, 0.6) is 17.2 Å². The fraction of sp³-hybridized carbons (Fsp3) is 0.185. The van der Waals surface area contributed by atoms with Crippen LogP contribution in [0.2, 0.25) is 0 Å². The van der Waals surface area contributed by atoms with Gasteiger partial charge < -0.3 is 19.5 Å². The van der Waals surface area contributed by atoms with Crippen LogP contribution in [0.4, 0.5) is 10.1 Å². The maximum absolute atomic E-state index is 13.6. The lowest BCUT2D eigenvalue weighted by Crippen LogP contribution is -2.44. The number of halogens is 1. The lowest BCUT2D eigenvalue weighted by Gasteiger charge is -2.30. The largest absolute Gasteiger partial charge is 0.486 e. The Labute approximate surface area is 201 Å². The minimum absolute atomic E-state index is 0.00184. The topological polar surface area (TPSA) is 77.1 Å². The summed E-state index contributed by atoms with van der Waals surface area (Å²) in [6.45, 7) is 2.62. The Bertz CT molecular complexity index is 1320. The normalized spacial score (nSPS) is 16.3. The number of anilines is 1. The molecule has 0 spiro atoms. The van der Waals surface area contributed by atoms with E-state index in [1.807, 2.05) is 25.1 Å². The fourth-order valence-corrected chi connectivity index (χ4v) is 4.01. The van der Waals surface area contributed by atoms with Crippen molar-refractivity contribution in [3.8, 4) is 17.2 Å². The van der Waals surface area contributed by atoms with Gasteiger partial charge in [0.25, 0.3) is 5.91 Å². The van der Waals surface area contributed by atoms with Crippen LogP contribution in [0.3, 0.4) is 0 Å². The van der Waals surface area contributed by atoms with E-state index in [4.69, 9.17) is 14.2 Å². The average molecular weight is 474 g/mol. The summed E-state index contributed by atoms with van der Waals surface area (Å²) in [6.07, 6.45) is 1.46. The second kappa shape index (κ2) is 9.50. The molecule has 7 nitrogen and oxygen atoms in total. The quantitative estimate of drug-likeness (QED) is 0.560. The molecule has 1 unspecified atom stereocenters. The number of carbonyl (C=O) groups excluding carboxylic acids is 2. The highest BCUT2D eigenvalue weighted by Crippen LogP contribution is 2.36. The van der Waals surface area contributed by atoms with Crippen molar-refractivity contribution in [2.24, 2.45) is 0 Å². The van der Waals surface area contributed by atoms with E-state index in [9.17, 15) is 14.0 Å². The molecule has 0 radical (unpaired) electrons. The number of nitrogens with one attached hydrogen (secondary N) is 1. The number of benzene rings is 3. The number of hydrogen-bond acceptors (Lipinski definition) is 5. The van der Waals surface area contributed by atoms with Crippen molar-refractivity contribution < 1.29 is 28.2 Å². The van der Waals surface area contributed by atoms with Crippen molar-refractivity contribution >= 4 is 23.6 Å². The zero-order valence-electron chi connectivity index (χ0n) is 19.0. The van der Waals surface area contributed by atoms with Crippen LogP contribution in [0.25, 0.3) is 6.08 Å². The highest BCUT2D eigenvalue weighted by atomic mass is 19.1. The van der Waals surface area contributed by atoms with Crippen molar-refractivity contribution in [2.75, 3.05) is 24.7 Å². The minimum Gasteiger partial charge on any atom is -0.486 e. The highest BCUT2D eigenvalue weighted by Gasteiger charge is 2.32. The van der Waals surface area contributed by atoms with Gasteiger partial charge in [-0.3, -0.25) is 14.5 Å². The first-order valence-corrected chi connectivity index (χ1v) is 11.2. The zero-order chi connectivity index (χ0) is 24.4. The van der Waals surface area contributed by atoms with Gasteiger partial charge in [-0.1, -0.05) is 30.3 Å². The molecule has 35 heavy (non-hydrogen) atoms. The van der Waals surface area contributed by atoms with Gasteiger partial charge in [0.2, 0.25) is 5.91 Å². The fourth-order valence-electron chi connectivity index (χ4n) is 4.01. The van der Waals surface area contributed by atoms with Crippen LogP contribution in [-0.2, 0) is 9.59 Å². The van der Waals surface area contributed by atoms with E-state index in [0.717, 1.165) is 5.56 Å². The number of amides is 2. The molecule has 0 saturated heterocycles. The minimum atomic E-state index is -0.491. The highest BCUT2D eigenvalue weighted by molar-refractivity contribution is 6.12. The van der Waals surface area contributed by atoms with E-state index < -0.39 is 11.7 Å². The third kappa shape index (κ3) is 4.82. The first-order chi connectivity index (χ1) is 17.0. The van der Waals surface area contributed by atoms with Gasteiger partial charge in [-0.15, -0.1) is 0 Å². The van der Waals surface area contributed by atoms with E-state index in [1.165, 1.54) is 23.1 Å². The van der Waals surface area contributed by atoms with Crippen LogP contribution in [0.15, 0.2) is 72.5 Å². The SMILES string of the molecule is CC(NC(=O)CN1C(=O)/C(=C\c2cccc(F)c2)Oc2ccccc21)c1ccc2c(c1)OCCO2.